The highest BCUT2D eigenvalue weighted by atomic mass is 19.1. The molecular formula is C22H23FN2. The molecule has 0 bridgehead atoms. The summed E-state index contributed by atoms with van der Waals surface area (Å²) in [5.74, 6) is 0.257. The summed E-state index contributed by atoms with van der Waals surface area (Å²) in [7, 11) is 0. The first-order valence-corrected chi connectivity index (χ1v) is 8.84. The van der Waals surface area contributed by atoms with Crippen molar-refractivity contribution in [3.05, 3.63) is 95.8 Å². The van der Waals surface area contributed by atoms with Gasteiger partial charge >= 0.3 is 0 Å². The molecule has 2 heterocycles. The normalized spacial score (nSPS) is 12.0. The molecule has 0 radical (unpaired) electrons. The highest BCUT2D eigenvalue weighted by Crippen LogP contribution is 2.26. The van der Waals surface area contributed by atoms with Crippen LogP contribution in [0.1, 0.15) is 41.9 Å². The number of nitrogens with zero attached hydrogens (tertiary/aromatic N) is 2. The molecule has 1 unspecified atom stereocenters. The lowest BCUT2D eigenvalue weighted by molar-refractivity contribution is 0.566. The number of hydrogen-bond acceptors (Lipinski definition) is 2. The molecule has 0 fully saturated rings. The molecule has 0 amide bonds. The summed E-state index contributed by atoms with van der Waals surface area (Å²) >= 11 is 0. The van der Waals surface area contributed by atoms with Gasteiger partial charge in [-0.2, -0.15) is 0 Å². The maximum absolute atomic E-state index is 13.1. The van der Waals surface area contributed by atoms with Crippen LogP contribution in [0.4, 0.5) is 4.39 Å². The van der Waals surface area contributed by atoms with Crippen molar-refractivity contribution in [1.82, 2.24) is 9.97 Å². The summed E-state index contributed by atoms with van der Waals surface area (Å²) in [6, 6.07) is 15.2. The molecule has 3 heteroatoms. The third-order valence-corrected chi connectivity index (χ3v) is 4.59. The van der Waals surface area contributed by atoms with E-state index in [1.165, 1.54) is 16.7 Å². The van der Waals surface area contributed by atoms with Crippen LogP contribution in [-0.4, -0.2) is 9.97 Å². The lowest BCUT2D eigenvalue weighted by Gasteiger charge is -2.17. The average molecular weight is 334 g/mol. The number of halogens is 1. The van der Waals surface area contributed by atoms with Gasteiger partial charge in [-0.3, -0.25) is 9.97 Å². The van der Waals surface area contributed by atoms with Crippen LogP contribution in [0.15, 0.2) is 73.3 Å². The molecule has 2 aromatic heterocycles. The highest BCUT2D eigenvalue weighted by molar-refractivity contribution is 5.23. The lowest BCUT2D eigenvalue weighted by atomic mass is 9.88. The second-order valence-corrected chi connectivity index (χ2v) is 6.41. The van der Waals surface area contributed by atoms with E-state index in [0.717, 1.165) is 32.1 Å². The average Bonchev–Trinajstić information content (AvgIpc) is 2.67. The molecule has 3 aromatic rings. The first-order chi connectivity index (χ1) is 12.3. The number of rotatable bonds is 8. The zero-order valence-electron chi connectivity index (χ0n) is 14.3. The summed E-state index contributed by atoms with van der Waals surface area (Å²) in [4.78, 5) is 8.19. The molecule has 1 aromatic carbocycles. The lowest BCUT2D eigenvalue weighted by Crippen LogP contribution is -2.04. The number of aryl methyl sites for hydroxylation is 1. The first-order valence-electron chi connectivity index (χ1n) is 8.84. The van der Waals surface area contributed by atoms with Crippen LogP contribution in [0.25, 0.3) is 0 Å². The number of benzene rings is 1. The third-order valence-electron chi connectivity index (χ3n) is 4.59. The van der Waals surface area contributed by atoms with Crippen molar-refractivity contribution in [2.75, 3.05) is 0 Å². The quantitative estimate of drug-likeness (QED) is 0.519. The molecule has 0 N–H and O–H groups in total. The topological polar surface area (TPSA) is 25.8 Å². The van der Waals surface area contributed by atoms with Crippen LogP contribution in [-0.2, 0) is 12.8 Å². The second kappa shape index (κ2) is 9.07. The maximum Gasteiger partial charge on any atom is 0.123 e. The third kappa shape index (κ3) is 5.49. The van der Waals surface area contributed by atoms with E-state index < -0.39 is 0 Å². The molecule has 0 spiro atoms. The van der Waals surface area contributed by atoms with Gasteiger partial charge in [0.2, 0.25) is 0 Å². The zero-order chi connectivity index (χ0) is 17.3. The fourth-order valence-corrected chi connectivity index (χ4v) is 3.20. The number of unbranched alkanes of at least 4 members (excludes halogenated alkanes) is 1. The van der Waals surface area contributed by atoms with Crippen molar-refractivity contribution in [1.29, 1.82) is 0 Å². The Balaban J connectivity index is 1.59. The Morgan fingerprint density at radius 1 is 0.720 bits per heavy atom. The van der Waals surface area contributed by atoms with Gasteiger partial charge in [0.25, 0.3) is 0 Å². The van der Waals surface area contributed by atoms with Crippen LogP contribution in [0.2, 0.25) is 0 Å². The first kappa shape index (κ1) is 17.3. The van der Waals surface area contributed by atoms with Gasteiger partial charge in [-0.25, -0.2) is 4.39 Å². The van der Waals surface area contributed by atoms with Crippen LogP contribution in [0.3, 0.4) is 0 Å². The SMILES string of the molecule is Fc1ccc(CC(CCCCc2ccncc2)c2ccncc2)cc1. The van der Waals surface area contributed by atoms with E-state index in [2.05, 4.69) is 34.2 Å². The van der Waals surface area contributed by atoms with E-state index in [0.29, 0.717) is 5.92 Å². The molecule has 128 valence electrons. The number of aromatic nitrogens is 2. The van der Waals surface area contributed by atoms with Crippen molar-refractivity contribution in [2.24, 2.45) is 0 Å². The van der Waals surface area contributed by atoms with Crippen LogP contribution in [0.5, 0.6) is 0 Å². The predicted octanol–water partition coefficient (Wildman–Crippen LogP) is 5.36. The molecule has 3 rings (SSSR count). The minimum absolute atomic E-state index is 0.179. The van der Waals surface area contributed by atoms with E-state index in [4.69, 9.17) is 0 Å². The Hall–Kier alpha value is -2.55. The highest BCUT2D eigenvalue weighted by Gasteiger charge is 2.12. The monoisotopic (exact) mass is 334 g/mol. The minimum Gasteiger partial charge on any atom is -0.265 e. The molecular weight excluding hydrogens is 311 g/mol. The summed E-state index contributed by atoms with van der Waals surface area (Å²) in [5, 5.41) is 0. The molecule has 0 saturated heterocycles. The van der Waals surface area contributed by atoms with E-state index in [9.17, 15) is 4.39 Å². The minimum atomic E-state index is -0.179. The Labute approximate surface area is 148 Å². The molecule has 0 saturated carbocycles. The van der Waals surface area contributed by atoms with Gasteiger partial charge < -0.3 is 0 Å². The zero-order valence-corrected chi connectivity index (χ0v) is 14.3. The Bertz CT molecular complexity index is 742. The van der Waals surface area contributed by atoms with E-state index >= 15 is 0 Å². The number of hydrogen-bond donors (Lipinski definition) is 0. The molecule has 0 aliphatic heterocycles. The largest absolute Gasteiger partial charge is 0.265 e. The van der Waals surface area contributed by atoms with Crippen LogP contribution >= 0.6 is 0 Å². The molecule has 0 aliphatic carbocycles. The van der Waals surface area contributed by atoms with E-state index in [1.807, 2.05) is 36.9 Å². The van der Waals surface area contributed by atoms with Crippen molar-refractivity contribution in [3.8, 4) is 0 Å². The number of pyridine rings is 2. The Morgan fingerprint density at radius 2 is 1.36 bits per heavy atom. The Kier molecular flexibility index (Phi) is 6.27. The standard InChI is InChI=1S/C22H23FN2/c23-22-7-5-19(6-8-22)17-21(20-11-15-25-16-12-20)4-2-1-3-18-9-13-24-14-10-18/h5-16,21H,1-4,17H2. The van der Waals surface area contributed by atoms with E-state index in [-0.39, 0.29) is 5.82 Å². The summed E-state index contributed by atoms with van der Waals surface area (Å²) < 4.78 is 13.1. The smallest absolute Gasteiger partial charge is 0.123 e. The Morgan fingerprint density at radius 3 is 2.04 bits per heavy atom. The molecule has 1 atom stereocenters. The van der Waals surface area contributed by atoms with E-state index in [1.54, 1.807) is 12.1 Å². The van der Waals surface area contributed by atoms with Crippen molar-refractivity contribution < 1.29 is 4.39 Å². The summed E-state index contributed by atoms with van der Waals surface area (Å²) in [5.41, 5.74) is 3.83. The van der Waals surface area contributed by atoms with Gasteiger partial charge in [-0.1, -0.05) is 18.6 Å². The van der Waals surface area contributed by atoms with Gasteiger partial charge in [0.15, 0.2) is 0 Å². The fourth-order valence-electron chi connectivity index (χ4n) is 3.20. The van der Waals surface area contributed by atoms with Gasteiger partial charge in [0, 0.05) is 24.8 Å². The fraction of sp³-hybridized carbons (Fsp3) is 0.273. The van der Waals surface area contributed by atoms with Gasteiger partial charge in [0.05, 0.1) is 0 Å². The van der Waals surface area contributed by atoms with Gasteiger partial charge in [0.1, 0.15) is 5.82 Å². The van der Waals surface area contributed by atoms with Crippen molar-refractivity contribution in [2.45, 2.75) is 38.0 Å². The molecule has 0 aliphatic rings. The summed E-state index contributed by atoms with van der Waals surface area (Å²) in [6.45, 7) is 0. The van der Waals surface area contributed by atoms with Gasteiger partial charge in [-0.15, -0.1) is 0 Å². The van der Waals surface area contributed by atoms with Crippen molar-refractivity contribution in [3.63, 3.8) is 0 Å². The second-order valence-electron chi connectivity index (χ2n) is 6.41. The predicted molar refractivity (Wildman–Crippen MR) is 98.9 cm³/mol. The molecule has 2 nitrogen and oxygen atoms in total. The van der Waals surface area contributed by atoms with Crippen LogP contribution < -0.4 is 0 Å². The van der Waals surface area contributed by atoms with Crippen molar-refractivity contribution >= 4 is 0 Å². The maximum atomic E-state index is 13.1. The van der Waals surface area contributed by atoms with Crippen LogP contribution in [0, 0.1) is 5.82 Å². The summed E-state index contributed by atoms with van der Waals surface area (Å²) in [6.07, 6.45) is 12.9. The molecule has 25 heavy (non-hydrogen) atoms. The van der Waals surface area contributed by atoms with Gasteiger partial charge in [-0.05, 0) is 84.7 Å².